The standard InChI is InChI=1S/C30H32FN5O4/c1-29(2,3)40-28(38)36-16-13-30(36,4)12-9-18-17-32-14-10-19(18)24-25(23-21(34-24)11-15-33-27(23)37)35-22-8-6-7-20(31)26(22)39-5/h6-8,10,14,17,34-35H,11,13,15-16H2,1-5H3,(H,33,37). The van der Waals surface area contributed by atoms with E-state index < -0.39 is 23.1 Å². The van der Waals surface area contributed by atoms with E-state index in [9.17, 15) is 14.0 Å². The van der Waals surface area contributed by atoms with E-state index in [-0.39, 0.29) is 11.7 Å². The minimum atomic E-state index is -0.694. The summed E-state index contributed by atoms with van der Waals surface area (Å²) in [4.78, 5) is 35.0. The number of anilines is 2. The van der Waals surface area contributed by atoms with Crippen LogP contribution in [0.3, 0.4) is 0 Å². The quantitative estimate of drug-likeness (QED) is 0.398. The molecule has 0 saturated carbocycles. The van der Waals surface area contributed by atoms with Crippen molar-refractivity contribution in [3.63, 3.8) is 0 Å². The van der Waals surface area contributed by atoms with E-state index in [0.29, 0.717) is 59.7 Å². The Balaban J connectivity index is 1.56. The molecule has 208 valence electrons. The zero-order valence-electron chi connectivity index (χ0n) is 23.2. The topological polar surface area (TPSA) is 109 Å². The van der Waals surface area contributed by atoms with Gasteiger partial charge in [0.2, 0.25) is 0 Å². The van der Waals surface area contributed by atoms with Crippen molar-refractivity contribution in [3.05, 3.63) is 59.3 Å². The Labute approximate surface area is 232 Å². The van der Waals surface area contributed by atoms with Gasteiger partial charge in [0.15, 0.2) is 11.6 Å². The van der Waals surface area contributed by atoms with Crippen molar-refractivity contribution < 1.29 is 23.5 Å². The maximum absolute atomic E-state index is 14.5. The Kier molecular flexibility index (Phi) is 6.92. The first kappa shape index (κ1) is 27.1. The van der Waals surface area contributed by atoms with E-state index >= 15 is 0 Å². The number of fused-ring (bicyclic) bond motifs is 1. The number of aromatic nitrogens is 2. The summed E-state index contributed by atoms with van der Waals surface area (Å²) in [7, 11) is 1.39. The van der Waals surface area contributed by atoms with Crippen LogP contribution in [-0.4, -0.2) is 58.2 Å². The van der Waals surface area contributed by atoms with E-state index in [0.717, 1.165) is 5.69 Å². The number of nitrogens with zero attached hydrogens (tertiary/aromatic N) is 2. The number of methoxy groups -OCH3 is 1. The molecule has 10 heteroatoms. The average Bonchev–Trinajstić information content (AvgIpc) is 3.25. The van der Waals surface area contributed by atoms with Gasteiger partial charge in [-0.1, -0.05) is 17.9 Å². The smallest absolute Gasteiger partial charge is 0.411 e. The van der Waals surface area contributed by atoms with E-state index in [1.807, 2.05) is 33.8 Å². The lowest BCUT2D eigenvalue weighted by atomic mass is 9.87. The van der Waals surface area contributed by atoms with Crippen LogP contribution in [0.5, 0.6) is 5.75 Å². The number of aromatic amines is 1. The third-order valence-electron chi connectivity index (χ3n) is 6.98. The van der Waals surface area contributed by atoms with Crippen LogP contribution in [0.2, 0.25) is 0 Å². The molecule has 2 amide bonds. The molecular formula is C30H32FN5O4. The molecule has 2 aliphatic rings. The summed E-state index contributed by atoms with van der Waals surface area (Å²) in [5, 5.41) is 6.12. The monoisotopic (exact) mass is 545 g/mol. The molecule has 40 heavy (non-hydrogen) atoms. The highest BCUT2D eigenvalue weighted by atomic mass is 19.1. The highest BCUT2D eigenvalue weighted by Gasteiger charge is 2.44. The molecule has 5 rings (SSSR count). The number of nitrogens with one attached hydrogen (secondary N) is 3. The van der Waals surface area contributed by atoms with E-state index in [4.69, 9.17) is 9.47 Å². The van der Waals surface area contributed by atoms with Gasteiger partial charge in [-0.15, -0.1) is 0 Å². The lowest BCUT2D eigenvalue weighted by Gasteiger charge is -2.46. The number of H-pyrrole nitrogens is 1. The van der Waals surface area contributed by atoms with E-state index in [1.54, 1.807) is 29.4 Å². The number of halogens is 1. The molecule has 1 atom stereocenters. The summed E-state index contributed by atoms with van der Waals surface area (Å²) < 4.78 is 25.4. The first-order valence-electron chi connectivity index (χ1n) is 13.1. The third kappa shape index (κ3) is 5.07. The number of carbonyl (C=O) groups excluding carboxylic acids is 2. The van der Waals surface area contributed by atoms with Gasteiger partial charge in [0.1, 0.15) is 11.1 Å². The second-order valence-corrected chi connectivity index (χ2v) is 11.0. The molecule has 1 fully saturated rings. The SMILES string of the molecule is COc1c(F)cccc1Nc1c(-c2ccncc2C#CC2(C)CCN2C(=O)OC(C)(C)C)[nH]c2c1C(=O)NCC2. The number of para-hydroxylation sites is 1. The zero-order chi connectivity index (χ0) is 28.7. The van der Waals surface area contributed by atoms with Gasteiger partial charge in [0.25, 0.3) is 5.91 Å². The van der Waals surface area contributed by atoms with Crippen LogP contribution in [-0.2, 0) is 11.2 Å². The second kappa shape index (κ2) is 10.2. The minimum Gasteiger partial charge on any atom is -0.492 e. The fraction of sp³-hybridized carbons (Fsp3) is 0.367. The summed E-state index contributed by atoms with van der Waals surface area (Å²) in [5.74, 6) is 5.75. The Morgan fingerprint density at radius 2 is 2.08 bits per heavy atom. The van der Waals surface area contributed by atoms with Gasteiger partial charge in [-0.2, -0.15) is 0 Å². The molecular weight excluding hydrogens is 513 g/mol. The molecule has 0 spiro atoms. The predicted molar refractivity (Wildman–Crippen MR) is 149 cm³/mol. The largest absolute Gasteiger partial charge is 0.492 e. The van der Waals surface area contributed by atoms with E-state index in [2.05, 4.69) is 32.4 Å². The number of ether oxygens (including phenoxy) is 2. The summed E-state index contributed by atoms with van der Waals surface area (Å²) in [6.07, 6.45) is 4.20. The number of hydrogen-bond donors (Lipinski definition) is 3. The number of benzene rings is 1. The molecule has 1 aromatic carbocycles. The van der Waals surface area contributed by atoms with Crippen LogP contribution in [0, 0.1) is 17.7 Å². The fourth-order valence-corrected chi connectivity index (χ4v) is 4.87. The van der Waals surface area contributed by atoms with Crippen LogP contribution < -0.4 is 15.4 Å². The van der Waals surface area contributed by atoms with Crippen molar-refractivity contribution in [2.45, 2.75) is 51.7 Å². The van der Waals surface area contributed by atoms with Crippen molar-refractivity contribution in [1.82, 2.24) is 20.2 Å². The van der Waals surface area contributed by atoms with E-state index in [1.165, 1.54) is 13.2 Å². The molecule has 4 heterocycles. The average molecular weight is 546 g/mol. The first-order valence-corrected chi connectivity index (χ1v) is 13.1. The molecule has 2 aromatic heterocycles. The van der Waals surface area contributed by atoms with Gasteiger partial charge in [-0.3, -0.25) is 14.7 Å². The molecule has 1 unspecified atom stereocenters. The lowest BCUT2D eigenvalue weighted by Crippen LogP contribution is -2.60. The molecule has 3 N–H and O–H groups in total. The lowest BCUT2D eigenvalue weighted by molar-refractivity contribution is -0.0183. The molecule has 0 bridgehead atoms. The Bertz CT molecular complexity index is 1550. The van der Waals surface area contributed by atoms with Gasteiger partial charge in [0.05, 0.1) is 35.3 Å². The van der Waals surface area contributed by atoms with Gasteiger partial charge in [-0.05, 0) is 52.3 Å². The Morgan fingerprint density at radius 3 is 2.77 bits per heavy atom. The van der Waals surface area contributed by atoms with Crippen molar-refractivity contribution in [3.8, 4) is 28.8 Å². The normalized spacial score (nSPS) is 18.1. The van der Waals surface area contributed by atoms with Gasteiger partial charge in [-0.25, -0.2) is 9.18 Å². The molecule has 9 nitrogen and oxygen atoms in total. The van der Waals surface area contributed by atoms with Crippen molar-refractivity contribution in [1.29, 1.82) is 0 Å². The molecule has 1 saturated heterocycles. The molecule has 0 radical (unpaired) electrons. The summed E-state index contributed by atoms with van der Waals surface area (Å²) in [6, 6.07) is 6.37. The second-order valence-electron chi connectivity index (χ2n) is 11.0. The van der Waals surface area contributed by atoms with Crippen LogP contribution in [0.1, 0.15) is 55.7 Å². The van der Waals surface area contributed by atoms with Crippen LogP contribution in [0.4, 0.5) is 20.6 Å². The fourth-order valence-electron chi connectivity index (χ4n) is 4.87. The number of hydrogen-bond acceptors (Lipinski definition) is 6. The van der Waals surface area contributed by atoms with Crippen molar-refractivity contribution in [2.24, 2.45) is 0 Å². The number of amides is 2. The van der Waals surface area contributed by atoms with Gasteiger partial charge >= 0.3 is 6.09 Å². The highest BCUT2D eigenvalue weighted by Crippen LogP contribution is 2.40. The number of likely N-dealkylation sites (tertiary alicyclic amines) is 1. The summed E-state index contributed by atoms with van der Waals surface area (Å²) >= 11 is 0. The Hall–Kier alpha value is -4.52. The number of pyridine rings is 1. The number of rotatable bonds is 4. The molecule has 2 aliphatic heterocycles. The van der Waals surface area contributed by atoms with Crippen LogP contribution in [0.25, 0.3) is 11.3 Å². The highest BCUT2D eigenvalue weighted by molar-refractivity contribution is 6.06. The van der Waals surface area contributed by atoms with Crippen LogP contribution in [0.15, 0.2) is 36.7 Å². The first-order chi connectivity index (χ1) is 19.0. The Morgan fingerprint density at radius 1 is 1.27 bits per heavy atom. The van der Waals surface area contributed by atoms with Gasteiger partial charge < -0.3 is 25.1 Å². The summed E-state index contributed by atoms with van der Waals surface area (Å²) in [6.45, 7) is 8.45. The number of carbonyl (C=O) groups is 2. The van der Waals surface area contributed by atoms with Crippen LogP contribution >= 0.6 is 0 Å². The van der Waals surface area contributed by atoms with Crippen molar-refractivity contribution >= 4 is 23.4 Å². The molecule has 0 aliphatic carbocycles. The molecule has 3 aromatic rings. The summed E-state index contributed by atoms with van der Waals surface area (Å²) in [5.41, 5.74) is 2.69. The van der Waals surface area contributed by atoms with Gasteiger partial charge in [0, 0.05) is 43.2 Å². The van der Waals surface area contributed by atoms with Crippen molar-refractivity contribution in [2.75, 3.05) is 25.5 Å². The maximum Gasteiger partial charge on any atom is 0.411 e. The predicted octanol–water partition coefficient (Wildman–Crippen LogP) is 5.00. The zero-order valence-corrected chi connectivity index (χ0v) is 23.2. The third-order valence-corrected chi connectivity index (χ3v) is 6.98. The maximum atomic E-state index is 14.5. The minimum absolute atomic E-state index is 0.0366.